The van der Waals surface area contributed by atoms with Gasteiger partial charge in [-0.1, -0.05) is 12.1 Å². The van der Waals surface area contributed by atoms with Crippen molar-refractivity contribution in [3.63, 3.8) is 0 Å². The highest BCUT2D eigenvalue weighted by Gasteiger charge is 2.12. The van der Waals surface area contributed by atoms with E-state index >= 15 is 0 Å². The number of fused-ring (bicyclic) bond motifs is 1. The highest BCUT2D eigenvalue weighted by atomic mass is 16.1. The molecule has 0 aliphatic carbocycles. The lowest BCUT2D eigenvalue weighted by Gasteiger charge is -2.00. The van der Waals surface area contributed by atoms with E-state index in [4.69, 9.17) is 11.0 Å². The molecule has 1 aromatic heterocycles. The number of hydrogen-bond acceptors (Lipinski definition) is 4. The molecule has 0 radical (unpaired) electrons. The zero-order valence-corrected chi connectivity index (χ0v) is 7.64. The lowest BCUT2D eigenvalue weighted by atomic mass is 10.2. The third-order valence-electron chi connectivity index (χ3n) is 1.91. The van der Waals surface area contributed by atoms with Gasteiger partial charge in [-0.2, -0.15) is 5.26 Å². The minimum atomic E-state index is -0.746. The topological polar surface area (TPSA) is 92.7 Å². The number of aromatic nitrogens is 2. The molecule has 15 heavy (non-hydrogen) atoms. The molecular weight excluding hydrogens is 192 g/mol. The predicted molar refractivity (Wildman–Crippen MR) is 52.8 cm³/mol. The minimum absolute atomic E-state index is 0.0406. The van der Waals surface area contributed by atoms with Gasteiger partial charge < -0.3 is 5.73 Å². The van der Waals surface area contributed by atoms with E-state index < -0.39 is 5.91 Å². The molecule has 0 fully saturated rings. The Hall–Kier alpha value is -2.48. The summed E-state index contributed by atoms with van der Waals surface area (Å²) >= 11 is 0. The summed E-state index contributed by atoms with van der Waals surface area (Å²) < 4.78 is 0. The number of benzene rings is 1. The largest absolute Gasteiger partial charge is 0.364 e. The molecule has 0 bridgehead atoms. The van der Waals surface area contributed by atoms with Crippen LogP contribution in [0.25, 0.3) is 11.0 Å². The van der Waals surface area contributed by atoms with Gasteiger partial charge in [0.2, 0.25) is 0 Å². The van der Waals surface area contributed by atoms with E-state index in [0.29, 0.717) is 11.0 Å². The first-order chi connectivity index (χ1) is 7.22. The van der Waals surface area contributed by atoms with Gasteiger partial charge in [0.1, 0.15) is 6.07 Å². The molecule has 2 N–H and O–H groups in total. The quantitative estimate of drug-likeness (QED) is 0.726. The summed E-state index contributed by atoms with van der Waals surface area (Å²) in [5.74, 6) is -0.746. The Morgan fingerprint density at radius 1 is 1.27 bits per heavy atom. The zero-order valence-electron chi connectivity index (χ0n) is 7.64. The van der Waals surface area contributed by atoms with Crippen molar-refractivity contribution in [2.75, 3.05) is 0 Å². The fourth-order valence-electron chi connectivity index (χ4n) is 1.25. The van der Waals surface area contributed by atoms with Gasteiger partial charge in [0.25, 0.3) is 5.91 Å². The third-order valence-corrected chi connectivity index (χ3v) is 1.91. The summed E-state index contributed by atoms with van der Waals surface area (Å²) in [4.78, 5) is 19.0. The molecule has 1 heterocycles. The molecule has 2 aromatic rings. The Balaban J connectivity index is 2.82. The van der Waals surface area contributed by atoms with E-state index in [2.05, 4.69) is 9.97 Å². The summed E-state index contributed by atoms with van der Waals surface area (Å²) in [6.07, 6.45) is 0. The monoisotopic (exact) mass is 198 g/mol. The maximum atomic E-state index is 11.0. The average molecular weight is 198 g/mol. The number of carbonyl (C=O) groups is 1. The van der Waals surface area contributed by atoms with E-state index in [-0.39, 0.29) is 11.4 Å². The number of amides is 1. The molecule has 0 aliphatic heterocycles. The number of carbonyl (C=O) groups excluding carboxylic acids is 1. The lowest BCUT2D eigenvalue weighted by Crippen LogP contribution is -2.16. The Kier molecular flexibility index (Phi) is 2.03. The number of nitriles is 1. The molecule has 0 unspecified atom stereocenters. The van der Waals surface area contributed by atoms with Crippen molar-refractivity contribution in [3.05, 3.63) is 35.7 Å². The summed E-state index contributed by atoms with van der Waals surface area (Å²) in [7, 11) is 0. The molecule has 5 heteroatoms. The lowest BCUT2D eigenvalue weighted by molar-refractivity contribution is 0.0995. The molecular formula is C10H6N4O. The average Bonchev–Trinajstić information content (AvgIpc) is 2.27. The zero-order chi connectivity index (χ0) is 10.8. The number of nitrogens with two attached hydrogens (primary N) is 1. The first-order valence-electron chi connectivity index (χ1n) is 4.19. The molecule has 1 amide bonds. The molecule has 72 valence electrons. The van der Waals surface area contributed by atoms with Crippen LogP contribution in [0.15, 0.2) is 24.3 Å². The van der Waals surface area contributed by atoms with E-state index in [1.807, 2.05) is 0 Å². The van der Waals surface area contributed by atoms with Crippen LogP contribution in [0.1, 0.15) is 16.2 Å². The Morgan fingerprint density at radius 2 is 1.87 bits per heavy atom. The fraction of sp³-hybridized carbons (Fsp3) is 0. The second-order valence-electron chi connectivity index (χ2n) is 2.89. The summed E-state index contributed by atoms with van der Waals surface area (Å²) in [5.41, 5.74) is 6.08. The van der Waals surface area contributed by atoms with Crippen molar-refractivity contribution in [3.8, 4) is 6.07 Å². The summed E-state index contributed by atoms with van der Waals surface area (Å²) in [5, 5.41) is 8.77. The van der Waals surface area contributed by atoms with Gasteiger partial charge in [0.15, 0.2) is 11.4 Å². The number of rotatable bonds is 1. The van der Waals surface area contributed by atoms with Gasteiger partial charge in [-0.05, 0) is 12.1 Å². The van der Waals surface area contributed by atoms with Crippen LogP contribution in [-0.4, -0.2) is 15.9 Å². The maximum absolute atomic E-state index is 11.0. The normalized spacial score (nSPS) is 9.80. The van der Waals surface area contributed by atoms with Crippen LogP contribution in [0.3, 0.4) is 0 Å². The second-order valence-corrected chi connectivity index (χ2v) is 2.89. The first kappa shape index (κ1) is 9.09. The van der Waals surface area contributed by atoms with Gasteiger partial charge >= 0.3 is 0 Å². The molecule has 1 aromatic carbocycles. The predicted octanol–water partition coefficient (Wildman–Crippen LogP) is 0.600. The number of hydrogen-bond donors (Lipinski definition) is 1. The van der Waals surface area contributed by atoms with E-state index in [9.17, 15) is 4.79 Å². The SMILES string of the molecule is N#Cc1nc2ccccc2nc1C(N)=O. The van der Waals surface area contributed by atoms with Crippen LogP contribution in [0.5, 0.6) is 0 Å². The van der Waals surface area contributed by atoms with Crippen molar-refractivity contribution in [1.29, 1.82) is 5.26 Å². The van der Waals surface area contributed by atoms with Gasteiger partial charge in [-0.3, -0.25) is 4.79 Å². The van der Waals surface area contributed by atoms with Crippen molar-refractivity contribution in [2.45, 2.75) is 0 Å². The molecule has 2 rings (SSSR count). The molecule has 0 aliphatic rings. The smallest absolute Gasteiger partial charge is 0.270 e. The maximum Gasteiger partial charge on any atom is 0.270 e. The highest BCUT2D eigenvalue weighted by molar-refractivity contribution is 5.94. The Labute approximate surface area is 85.2 Å². The van der Waals surface area contributed by atoms with Crippen LogP contribution in [0.4, 0.5) is 0 Å². The molecule has 0 saturated heterocycles. The van der Waals surface area contributed by atoms with E-state index in [1.165, 1.54) is 0 Å². The highest BCUT2D eigenvalue weighted by Crippen LogP contribution is 2.11. The third kappa shape index (κ3) is 1.48. The van der Waals surface area contributed by atoms with Crippen LogP contribution in [-0.2, 0) is 0 Å². The summed E-state index contributed by atoms with van der Waals surface area (Å²) in [6, 6.07) is 8.77. The van der Waals surface area contributed by atoms with Crippen LogP contribution < -0.4 is 5.73 Å². The van der Waals surface area contributed by atoms with Crippen molar-refractivity contribution in [2.24, 2.45) is 5.73 Å². The minimum Gasteiger partial charge on any atom is -0.364 e. The fourth-order valence-corrected chi connectivity index (χ4v) is 1.25. The Morgan fingerprint density at radius 3 is 2.40 bits per heavy atom. The van der Waals surface area contributed by atoms with Crippen molar-refractivity contribution >= 4 is 16.9 Å². The van der Waals surface area contributed by atoms with Gasteiger partial charge in [0.05, 0.1) is 11.0 Å². The van der Waals surface area contributed by atoms with E-state index in [1.54, 1.807) is 30.3 Å². The molecule has 0 saturated carbocycles. The molecule has 5 nitrogen and oxygen atoms in total. The van der Waals surface area contributed by atoms with Crippen LogP contribution >= 0.6 is 0 Å². The number of nitrogens with zero attached hydrogens (tertiary/aromatic N) is 3. The Bertz CT molecular complexity index is 585. The summed E-state index contributed by atoms with van der Waals surface area (Å²) in [6.45, 7) is 0. The van der Waals surface area contributed by atoms with Gasteiger partial charge in [0, 0.05) is 0 Å². The van der Waals surface area contributed by atoms with E-state index in [0.717, 1.165) is 0 Å². The number of para-hydroxylation sites is 2. The second kappa shape index (κ2) is 3.35. The standard InChI is InChI=1S/C10H6N4O/c11-5-8-9(10(12)15)14-7-4-2-1-3-6(7)13-8/h1-4H,(H2,12,15). The van der Waals surface area contributed by atoms with Gasteiger partial charge in [-0.25, -0.2) is 9.97 Å². The van der Waals surface area contributed by atoms with Gasteiger partial charge in [-0.15, -0.1) is 0 Å². The van der Waals surface area contributed by atoms with Crippen molar-refractivity contribution < 1.29 is 4.79 Å². The first-order valence-corrected chi connectivity index (χ1v) is 4.19. The molecule has 0 atom stereocenters. The van der Waals surface area contributed by atoms with Crippen molar-refractivity contribution in [1.82, 2.24) is 9.97 Å². The number of primary amides is 1. The van der Waals surface area contributed by atoms with Crippen LogP contribution in [0.2, 0.25) is 0 Å². The molecule has 0 spiro atoms. The van der Waals surface area contributed by atoms with Crippen LogP contribution in [0, 0.1) is 11.3 Å².